The van der Waals surface area contributed by atoms with Gasteiger partial charge in [0.1, 0.15) is 0 Å². The summed E-state index contributed by atoms with van der Waals surface area (Å²) in [5.74, 6) is -0.308. The summed E-state index contributed by atoms with van der Waals surface area (Å²) in [6.07, 6.45) is 4.30. The predicted molar refractivity (Wildman–Crippen MR) is 37.2 cm³/mol. The molecule has 1 fully saturated rings. The molecule has 1 aliphatic carbocycles. The van der Waals surface area contributed by atoms with Gasteiger partial charge in [-0.05, 0) is 12.8 Å². The van der Waals surface area contributed by atoms with Crippen molar-refractivity contribution in [2.24, 2.45) is 5.92 Å². The van der Waals surface area contributed by atoms with E-state index in [0.717, 1.165) is 25.7 Å². The second-order valence-corrected chi connectivity index (χ2v) is 2.64. The number of carbonyl (C=O) groups excluding carboxylic acids is 2. The Morgan fingerprint density at radius 1 is 1.45 bits per heavy atom. The Balaban J connectivity index is 2.22. The van der Waals surface area contributed by atoms with Crippen LogP contribution in [-0.4, -0.2) is 12.4 Å². The summed E-state index contributed by atoms with van der Waals surface area (Å²) in [5, 5.41) is 0. The van der Waals surface area contributed by atoms with Gasteiger partial charge in [0.05, 0.1) is 5.92 Å². The van der Waals surface area contributed by atoms with Crippen molar-refractivity contribution in [3.63, 3.8) is 0 Å². The Labute approximate surface area is 64.9 Å². The highest BCUT2D eigenvalue weighted by Gasteiger charge is 2.24. The van der Waals surface area contributed by atoms with Crippen LogP contribution in [-0.2, 0) is 14.4 Å². The minimum absolute atomic E-state index is 0.00227. The van der Waals surface area contributed by atoms with E-state index in [-0.39, 0.29) is 11.9 Å². The van der Waals surface area contributed by atoms with E-state index in [1.165, 1.54) is 0 Å². The Hall–Kier alpha value is -1.06. The van der Waals surface area contributed by atoms with Gasteiger partial charge in [0.25, 0.3) is 0 Å². The highest BCUT2D eigenvalue weighted by Crippen LogP contribution is 2.25. The summed E-state index contributed by atoms with van der Waals surface area (Å²) in [6.45, 7) is 0. The fourth-order valence-corrected chi connectivity index (χ4v) is 1.33. The second kappa shape index (κ2) is 3.95. The average molecular weight is 157 g/mol. The van der Waals surface area contributed by atoms with Gasteiger partial charge < -0.3 is 4.84 Å². The highest BCUT2D eigenvalue weighted by atomic mass is 16.7. The lowest BCUT2D eigenvalue weighted by atomic mass is 10.1. The highest BCUT2D eigenvalue weighted by molar-refractivity contribution is 5.73. The van der Waals surface area contributed by atoms with Gasteiger partial charge in [-0.3, -0.25) is 4.79 Å². The summed E-state index contributed by atoms with van der Waals surface area (Å²) in [4.78, 5) is 25.1. The molecule has 1 N–H and O–H groups in total. The van der Waals surface area contributed by atoms with Gasteiger partial charge in [0, 0.05) is 0 Å². The van der Waals surface area contributed by atoms with Crippen LogP contribution in [0.5, 0.6) is 0 Å². The maximum Gasteiger partial charge on any atom is 0.335 e. The number of amides is 1. The maximum atomic E-state index is 11.0. The molecular weight excluding hydrogens is 146 g/mol. The first-order valence-electron chi connectivity index (χ1n) is 3.74. The number of nitrogens with one attached hydrogen (secondary N) is 1. The first-order chi connectivity index (χ1) is 5.34. The first-order valence-corrected chi connectivity index (χ1v) is 3.74. The zero-order chi connectivity index (χ0) is 8.10. The van der Waals surface area contributed by atoms with E-state index in [1.54, 1.807) is 0 Å². The molecule has 0 saturated heterocycles. The molecule has 0 spiro atoms. The number of rotatable bonds is 3. The van der Waals surface area contributed by atoms with Crippen LogP contribution in [0.2, 0.25) is 0 Å². The van der Waals surface area contributed by atoms with E-state index >= 15 is 0 Å². The standard InChI is InChI=1S/C7H11NO3/c9-5-8-11-7(10)6-3-1-2-4-6/h5-6H,1-4H2,(H,8,9). The predicted octanol–water partition coefficient (Wildman–Crippen LogP) is 0.381. The Morgan fingerprint density at radius 3 is 2.64 bits per heavy atom. The molecule has 0 heterocycles. The van der Waals surface area contributed by atoms with Crippen LogP contribution in [0.1, 0.15) is 25.7 Å². The zero-order valence-corrected chi connectivity index (χ0v) is 6.21. The van der Waals surface area contributed by atoms with Crippen molar-refractivity contribution >= 4 is 12.4 Å². The van der Waals surface area contributed by atoms with Gasteiger partial charge in [0.2, 0.25) is 6.41 Å². The summed E-state index contributed by atoms with van der Waals surface area (Å²) >= 11 is 0. The molecule has 1 aliphatic rings. The van der Waals surface area contributed by atoms with Crippen LogP contribution < -0.4 is 5.48 Å². The maximum absolute atomic E-state index is 11.0. The SMILES string of the molecule is O=CNOC(=O)C1CCCC1. The van der Waals surface area contributed by atoms with Crippen LogP contribution in [0.25, 0.3) is 0 Å². The van der Waals surface area contributed by atoms with E-state index < -0.39 is 0 Å². The summed E-state index contributed by atoms with van der Waals surface area (Å²) in [7, 11) is 0. The minimum atomic E-state index is -0.311. The molecule has 1 rings (SSSR count). The molecule has 0 aromatic carbocycles. The smallest absolute Gasteiger partial charge is 0.335 e. The lowest BCUT2D eigenvalue weighted by Gasteiger charge is -2.05. The minimum Gasteiger partial charge on any atom is -0.341 e. The lowest BCUT2D eigenvalue weighted by molar-refractivity contribution is -0.158. The number of hydrogen-bond donors (Lipinski definition) is 1. The first kappa shape index (κ1) is 8.04. The normalized spacial score (nSPS) is 17.8. The van der Waals surface area contributed by atoms with Crippen molar-refractivity contribution < 1.29 is 14.4 Å². The summed E-state index contributed by atoms with van der Waals surface area (Å²) < 4.78 is 0. The largest absolute Gasteiger partial charge is 0.341 e. The molecule has 1 saturated carbocycles. The van der Waals surface area contributed by atoms with Crippen LogP contribution >= 0.6 is 0 Å². The van der Waals surface area contributed by atoms with Crippen molar-refractivity contribution in [3.05, 3.63) is 0 Å². The lowest BCUT2D eigenvalue weighted by Crippen LogP contribution is -2.23. The van der Waals surface area contributed by atoms with Crippen molar-refractivity contribution in [3.8, 4) is 0 Å². The third-order valence-corrected chi connectivity index (χ3v) is 1.90. The molecular formula is C7H11NO3. The van der Waals surface area contributed by atoms with Crippen molar-refractivity contribution in [1.82, 2.24) is 5.48 Å². The van der Waals surface area contributed by atoms with E-state index in [4.69, 9.17) is 0 Å². The van der Waals surface area contributed by atoms with E-state index in [2.05, 4.69) is 4.84 Å². The van der Waals surface area contributed by atoms with Crippen molar-refractivity contribution in [1.29, 1.82) is 0 Å². The van der Waals surface area contributed by atoms with Crippen LogP contribution in [0.3, 0.4) is 0 Å². The second-order valence-electron chi connectivity index (χ2n) is 2.64. The Kier molecular flexibility index (Phi) is 2.89. The molecule has 0 aromatic rings. The number of hydrogen-bond acceptors (Lipinski definition) is 3. The van der Waals surface area contributed by atoms with Gasteiger partial charge in [-0.15, -0.1) is 0 Å². The molecule has 0 unspecified atom stereocenters. The third kappa shape index (κ3) is 2.22. The molecule has 1 amide bonds. The van der Waals surface area contributed by atoms with Gasteiger partial charge in [-0.1, -0.05) is 12.8 Å². The zero-order valence-electron chi connectivity index (χ0n) is 6.21. The molecule has 11 heavy (non-hydrogen) atoms. The van der Waals surface area contributed by atoms with Gasteiger partial charge >= 0.3 is 5.97 Å². The molecule has 0 radical (unpaired) electrons. The molecule has 62 valence electrons. The molecule has 4 nitrogen and oxygen atoms in total. The van der Waals surface area contributed by atoms with Crippen molar-refractivity contribution in [2.45, 2.75) is 25.7 Å². The molecule has 0 aromatic heterocycles. The monoisotopic (exact) mass is 157 g/mol. The Bertz CT molecular complexity index is 152. The van der Waals surface area contributed by atoms with Gasteiger partial charge in [0.15, 0.2) is 0 Å². The average Bonchev–Trinajstić information content (AvgIpc) is 2.52. The van der Waals surface area contributed by atoms with Gasteiger partial charge in [-0.25, -0.2) is 4.79 Å². The molecule has 4 heteroatoms. The fraction of sp³-hybridized carbons (Fsp3) is 0.714. The quantitative estimate of drug-likeness (QED) is 0.476. The van der Waals surface area contributed by atoms with Crippen LogP contribution in [0, 0.1) is 5.92 Å². The number of hydroxylamine groups is 1. The Morgan fingerprint density at radius 2 is 2.09 bits per heavy atom. The molecule has 0 aliphatic heterocycles. The van der Waals surface area contributed by atoms with E-state index in [9.17, 15) is 9.59 Å². The van der Waals surface area contributed by atoms with E-state index in [0.29, 0.717) is 6.41 Å². The van der Waals surface area contributed by atoms with Crippen LogP contribution in [0.4, 0.5) is 0 Å². The van der Waals surface area contributed by atoms with Crippen LogP contribution in [0.15, 0.2) is 0 Å². The van der Waals surface area contributed by atoms with E-state index in [1.807, 2.05) is 5.48 Å². The summed E-state index contributed by atoms with van der Waals surface area (Å²) in [5.41, 5.74) is 1.89. The number of carbonyl (C=O) groups is 2. The fourth-order valence-electron chi connectivity index (χ4n) is 1.33. The van der Waals surface area contributed by atoms with Gasteiger partial charge in [-0.2, -0.15) is 5.48 Å². The third-order valence-electron chi connectivity index (χ3n) is 1.90. The summed E-state index contributed by atoms with van der Waals surface area (Å²) in [6, 6.07) is 0. The van der Waals surface area contributed by atoms with Crippen molar-refractivity contribution in [2.75, 3.05) is 0 Å². The molecule has 0 bridgehead atoms. The molecule has 0 atom stereocenters. The topological polar surface area (TPSA) is 55.4 Å².